The maximum absolute atomic E-state index is 14.6. The van der Waals surface area contributed by atoms with Crippen LogP contribution in [0, 0.1) is 29.0 Å². The molecule has 1 saturated heterocycles. The minimum absolute atomic E-state index is 0.127. The molecule has 1 N–H and O–H groups in total. The molecule has 2 heterocycles. The van der Waals surface area contributed by atoms with Crippen molar-refractivity contribution in [3.63, 3.8) is 0 Å². The highest BCUT2D eigenvalue weighted by Gasteiger charge is 2.28. The molecule has 0 radical (unpaired) electrons. The molecule has 0 saturated carbocycles. The Balaban J connectivity index is 1.87. The summed E-state index contributed by atoms with van der Waals surface area (Å²) in [7, 11) is 1.58. The SMILES string of the molecule is C/C(=C\c1cc(F)cc(N2CCOCC2)c1)[C@H]1OC(=O)C[C@H](O)CC[C@H](C)[C@@H](OC(=O)N(C)CCC#N)/C=C/[C@@H]1C. The van der Waals surface area contributed by atoms with Gasteiger partial charge in [0.25, 0.3) is 0 Å². The van der Waals surface area contributed by atoms with Crippen molar-refractivity contribution in [3.8, 4) is 6.07 Å². The first-order valence-corrected chi connectivity index (χ1v) is 14.2. The van der Waals surface area contributed by atoms with Crippen LogP contribution < -0.4 is 4.90 Å². The van der Waals surface area contributed by atoms with Crippen LogP contribution in [0.4, 0.5) is 14.9 Å². The van der Waals surface area contributed by atoms with Gasteiger partial charge in [-0.2, -0.15) is 5.26 Å². The molecule has 2 aliphatic rings. The number of benzene rings is 1. The number of hydrogen-bond acceptors (Lipinski definition) is 8. The highest BCUT2D eigenvalue weighted by atomic mass is 19.1. The fourth-order valence-electron chi connectivity index (χ4n) is 4.99. The minimum atomic E-state index is -0.900. The van der Waals surface area contributed by atoms with Gasteiger partial charge >= 0.3 is 12.1 Å². The number of carbonyl (C=O) groups is 2. The smallest absolute Gasteiger partial charge is 0.410 e. The normalized spacial score (nSPS) is 27.0. The van der Waals surface area contributed by atoms with E-state index in [1.807, 2.05) is 45.1 Å². The summed E-state index contributed by atoms with van der Waals surface area (Å²) in [5, 5.41) is 19.3. The van der Waals surface area contributed by atoms with Crippen LogP contribution in [0.1, 0.15) is 52.0 Å². The van der Waals surface area contributed by atoms with Crippen LogP contribution in [0.15, 0.2) is 35.9 Å². The topological polar surface area (TPSA) is 112 Å². The van der Waals surface area contributed by atoms with Crippen molar-refractivity contribution in [2.45, 2.75) is 64.8 Å². The number of rotatable bonds is 6. The van der Waals surface area contributed by atoms with Crippen LogP contribution in [0.25, 0.3) is 6.08 Å². The Morgan fingerprint density at radius 3 is 2.68 bits per heavy atom. The van der Waals surface area contributed by atoms with E-state index in [-0.39, 0.29) is 37.0 Å². The third kappa shape index (κ3) is 9.87. The van der Waals surface area contributed by atoms with Gasteiger partial charge in [0.2, 0.25) is 0 Å². The summed E-state index contributed by atoms with van der Waals surface area (Å²) >= 11 is 0. The molecule has 1 aromatic rings. The van der Waals surface area contributed by atoms with Crippen molar-refractivity contribution in [1.29, 1.82) is 5.26 Å². The molecule has 3 rings (SSSR count). The van der Waals surface area contributed by atoms with Crippen molar-refractivity contribution < 1.29 is 33.3 Å². The molecule has 0 aliphatic carbocycles. The summed E-state index contributed by atoms with van der Waals surface area (Å²) in [6.07, 6.45) is 3.66. The molecule has 5 atom stereocenters. The fraction of sp³-hybridized carbons (Fsp3) is 0.581. The van der Waals surface area contributed by atoms with Gasteiger partial charge < -0.3 is 29.1 Å². The van der Waals surface area contributed by atoms with Gasteiger partial charge in [0.1, 0.15) is 18.0 Å². The highest BCUT2D eigenvalue weighted by molar-refractivity contribution is 5.71. The van der Waals surface area contributed by atoms with Crippen LogP contribution in [0.3, 0.4) is 0 Å². The van der Waals surface area contributed by atoms with E-state index in [0.717, 1.165) is 5.69 Å². The van der Waals surface area contributed by atoms with E-state index in [1.54, 1.807) is 13.1 Å². The molecule has 41 heavy (non-hydrogen) atoms. The maximum atomic E-state index is 14.6. The predicted molar refractivity (Wildman–Crippen MR) is 153 cm³/mol. The van der Waals surface area contributed by atoms with Gasteiger partial charge in [0.05, 0.1) is 38.2 Å². The van der Waals surface area contributed by atoms with E-state index >= 15 is 0 Å². The highest BCUT2D eigenvalue weighted by Crippen LogP contribution is 2.27. The second kappa shape index (κ2) is 15.5. The predicted octanol–water partition coefficient (Wildman–Crippen LogP) is 4.70. The molecule has 1 aromatic carbocycles. The van der Waals surface area contributed by atoms with E-state index < -0.39 is 30.4 Å². The zero-order valence-electron chi connectivity index (χ0n) is 24.4. The van der Waals surface area contributed by atoms with Crippen LogP contribution in [-0.4, -0.2) is 80.3 Å². The first kappa shape index (κ1) is 32.1. The number of carbonyl (C=O) groups excluding carboxylic acids is 2. The molecule has 1 fully saturated rings. The number of morpholine rings is 1. The Hall–Kier alpha value is -3.42. The lowest BCUT2D eigenvalue weighted by Gasteiger charge is -2.29. The fourth-order valence-corrected chi connectivity index (χ4v) is 4.99. The van der Waals surface area contributed by atoms with Gasteiger partial charge in [-0.3, -0.25) is 4.79 Å². The minimum Gasteiger partial charge on any atom is -0.457 e. The second-order valence-electron chi connectivity index (χ2n) is 11.0. The number of anilines is 1. The number of aliphatic hydroxyl groups is 1. The Labute approximate surface area is 242 Å². The average Bonchev–Trinajstić information content (AvgIpc) is 2.94. The monoisotopic (exact) mass is 571 g/mol. The standard InChI is InChI=1S/C31H42FN3O6/c1-21-6-8-27(36)20-29(37)41-30(22(2)7-9-28(21)40-31(38)34(4)11-5-10-33)23(3)16-24-17-25(32)19-26(18-24)35-12-14-39-15-13-35/h7,9,16-19,21-22,27-28,30,36H,5-6,8,11-15,20H2,1-4H3/b9-7+,23-16+/t21-,22-,27+,28-,30-/m0/s1. The van der Waals surface area contributed by atoms with E-state index in [1.165, 1.54) is 17.0 Å². The summed E-state index contributed by atoms with van der Waals surface area (Å²) < 4.78 is 31.6. The number of aliphatic hydroxyl groups excluding tert-OH is 1. The van der Waals surface area contributed by atoms with E-state index in [2.05, 4.69) is 4.90 Å². The maximum Gasteiger partial charge on any atom is 0.410 e. The average molecular weight is 572 g/mol. The quantitative estimate of drug-likeness (QED) is 0.386. The van der Waals surface area contributed by atoms with Crippen LogP contribution in [0.5, 0.6) is 0 Å². The number of amides is 1. The number of halogens is 1. The van der Waals surface area contributed by atoms with Crippen molar-refractivity contribution >= 4 is 23.8 Å². The van der Waals surface area contributed by atoms with Crippen LogP contribution in [-0.2, 0) is 19.0 Å². The lowest BCUT2D eigenvalue weighted by molar-refractivity contribution is -0.151. The van der Waals surface area contributed by atoms with Crippen LogP contribution >= 0.6 is 0 Å². The molecule has 0 bridgehead atoms. The van der Waals surface area contributed by atoms with Crippen molar-refractivity contribution in [2.24, 2.45) is 11.8 Å². The molecule has 1 amide bonds. The third-order valence-electron chi connectivity index (χ3n) is 7.49. The first-order chi connectivity index (χ1) is 19.6. The molecule has 0 spiro atoms. The lowest BCUT2D eigenvalue weighted by atomic mass is 9.91. The van der Waals surface area contributed by atoms with Gasteiger partial charge in [0.15, 0.2) is 0 Å². The summed E-state index contributed by atoms with van der Waals surface area (Å²) in [6.45, 7) is 8.42. The summed E-state index contributed by atoms with van der Waals surface area (Å²) in [5.41, 5.74) is 2.11. The summed E-state index contributed by atoms with van der Waals surface area (Å²) in [6, 6.07) is 6.86. The summed E-state index contributed by atoms with van der Waals surface area (Å²) in [4.78, 5) is 28.9. The molecule has 9 nitrogen and oxygen atoms in total. The first-order valence-electron chi connectivity index (χ1n) is 14.2. The number of cyclic esters (lactones) is 1. The van der Waals surface area contributed by atoms with Gasteiger partial charge in [-0.15, -0.1) is 0 Å². The number of ether oxygens (including phenoxy) is 3. The van der Waals surface area contributed by atoms with Crippen molar-refractivity contribution in [3.05, 3.63) is 47.3 Å². The van der Waals surface area contributed by atoms with E-state index in [0.29, 0.717) is 50.3 Å². The third-order valence-corrected chi connectivity index (χ3v) is 7.49. The van der Waals surface area contributed by atoms with Gasteiger partial charge in [-0.05, 0) is 61.1 Å². The number of hydrogen-bond donors (Lipinski definition) is 1. The molecule has 0 aromatic heterocycles. The van der Waals surface area contributed by atoms with E-state index in [9.17, 15) is 19.1 Å². The molecule has 10 heteroatoms. The Morgan fingerprint density at radius 2 is 1.98 bits per heavy atom. The van der Waals surface area contributed by atoms with E-state index in [4.69, 9.17) is 19.5 Å². The molecule has 2 aliphatic heterocycles. The zero-order valence-corrected chi connectivity index (χ0v) is 24.4. The number of nitrogens with zero attached hydrogens (tertiary/aromatic N) is 3. The molecular weight excluding hydrogens is 529 g/mol. The van der Waals surface area contributed by atoms with Crippen LogP contribution in [0.2, 0.25) is 0 Å². The number of esters is 1. The van der Waals surface area contributed by atoms with Crippen molar-refractivity contribution in [2.75, 3.05) is 44.8 Å². The van der Waals surface area contributed by atoms with Gasteiger partial charge in [0, 0.05) is 38.3 Å². The largest absolute Gasteiger partial charge is 0.457 e. The van der Waals surface area contributed by atoms with Gasteiger partial charge in [-0.1, -0.05) is 26.0 Å². The number of nitriles is 1. The zero-order chi connectivity index (χ0) is 29.9. The second-order valence-corrected chi connectivity index (χ2v) is 11.0. The Bertz CT molecular complexity index is 1140. The van der Waals surface area contributed by atoms with Gasteiger partial charge in [-0.25, -0.2) is 9.18 Å². The lowest BCUT2D eigenvalue weighted by Crippen LogP contribution is -2.36. The molecular formula is C31H42FN3O6. The Morgan fingerprint density at radius 1 is 1.24 bits per heavy atom. The summed E-state index contributed by atoms with van der Waals surface area (Å²) in [5.74, 6) is -1.32. The Kier molecular flexibility index (Phi) is 12.2. The molecule has 0 unspecified atom stereocenters. The molecule has 224 valence electrons. The van der Waals surface area contributed by atoms with Crippen molar-refractivity contribution in [1.82, 2.24) is 4.90 Å².